The van der Waals surface area contributed by atoms with Gasteiger partial charge in [0, 0.05) is 0 Å². The Bertz CT molecular complexity index is 956. The lowest BCUT2D eigenvalue weighted by Gasteiger charge is -2.02. The molecule has 250 valence electrons. The molecule has 4 fully saturated rings. The first-order valence-electron chi connectivity index (χ1n) is 12.5. The SMILES string of the molecule is C.C.C.C.CCCCC[C@H]1NC(=O)OC1=O.CCC[C@H]1NC(=O)OC1=O.CC[C@H]1NC(=O)OC1=O.C[C@H]1NC(=O)OC1=O. The highest BCUT2D eigenvalue weighted by Gasteiger charge is 2.32. The van der Waals surface area contributed by atoms with Crippen LogP contribution >= 0.6 is 0 Å². The number of cyclic esters (lactones) is 8. The number of esters is 4. The molecule has 0 radical (unpaired) electrons. The molecule has 4 saturated heterocycles. The summed E-state index contributed by atoms with van der Waals surface area (Å²) in [5, 5.41) is 9.44. The Morgan fingerprint density at radius 2 is 0.860 bits per heavy atom. The minimum absolute atomic E-state index is 0. The maximum Gasteiger partial charge on any atom is 0.415 e. The average molecular weight is 623 g/mol. The highest BCUT2D eigenvalue weighted by Crippen LogP contribution is 2.09. The number of amides is 4. The van der Waals surface area contributed by atoms with Crippen LogP contribution in [-0.4, -0.2) is 72.4 Å². The lowest BCUT2D eigenvalue weighted by atomic mass is 10.1. The molecular formula is C27H50N4O12. The summed E-state index contributed by atoms with van der Waals surface area (Å²) in [5.74, 6) is -1.86. The quantitative estimate of drug-likeness (QED) is 0.138. The Balaban J connectivity index is -0.000000231. The molecule has 4 atom stereocenters. The molecule has 0 aromatic carbocycles. The van der Waals surface area contributed by atoms with E-state index >= 15 is 0 Å². The maximum atomic E-state index is 10.9. The van der Waals surface area contributed by atoms with E-state index in [2.05, 4.69) is 47.1 Å². The van der Waals surface area contributed by atoms with Gasteiger partial charge in [0.15, 0.2) is 0 Å². The summed E-state index contributed by atoms with van der Waals surface area (Å²) in [6, 6.07) is -1.69. The number of carbonyl (C=O) groups excluding carboxylic acids is 8. The van der Waals surface area contributed by atoms with Crippen molar-refractivity contribution in [1.29, 1.82) is 0 Å². The molecule has 4 rings (SSSR count). The van der Waals surface area contributed by atoms with E-state index in [9.17, 15) is 38.4 Å². The van der Waals surface area contributed by atoms with E-state index in [-0.39, 0.29) is 29.7 Å². The number of hydrogen-bond acceptors (Lipinski definition) is 12. The van der Waals surface area contributed by atoms with Gasteiger partial charge in [-0.25, -0.2) is 38.4 Å². The Kier molecular flexibility index (Phi) is 24.8. The molecule has 16 heteroatoms. The van der Waals surface area contributed by atoms with Crippen molar-refractivity contribution >= 4 is 48.3 Å². The first kappa shape index (κ1) is 45.7. The van der Waals surface area contributed by atoms with Crippen LogP contribution in [0.1, 0.15) is 102 Å². The van der Waals surface area contributed by atoms with Gasteiger partial charge < -0.3 is 40.2 Å². The van der Waals surface area contributed by atoms with Crippen molar-refractivity contribution in [3.63, 3.8) is 0 Å². The number of rotatable bonds is 7. The molecule has 0 unspecified atom stereocenters. The van der Waals surface area contributed by atoms with Gasteiger partial charge in [0.1, 0.15) is 24.2 Å². The van der Waals surface area contributed by atoms with Crippen molar-refractivity contribution in [2.45, 2.75) is 127 Å². The van der Waals surface area contributed by atoms with Crippen molar-refractivity contribution in [3.05, 3.63) is 0 Å². The summed E-state index contributed by atoms with van der Waals surface area (Å²) >= 11 is 0. The van der Waals surface area contributed by atoms with E-state index in [0.717, 1.165) is 25.7 Å². The van der Waals surface area contributed by atoms with E-state index in [1.807, 2.05) is 6.92 Å². The average Bonchev–Trinajstić information content (AvgIpc) is 3.56. The van der Waals surface area contributed by atoms with Crippen molar-refractivity contribution in [3.8, 4) is 0 Å². The number of nitrogens with one attached hydrogen (secondary N) is 4. The van der Waals surface area contributed by atoms with Crippen LogP contribution in [0.2, 0.25) is 0 Å². The molecule has 0 bridgehead atoms. The Morgan fingerprint density at radius 1 is 0.488 bits per heavy atom. The third kappa shape index (κ3) is 16.7. The standard InChI is InChI=1S/C8H13NO3.C6H9NO3.C5H7NO3.C4H5NO3.4CH4/c1-2-3-4-5-6-7(10)12-8(11)9-6;1-2-3-4-5(8)10-6(9)7-4;1-2-3-4(7)9-5(8)6-3;1-2-3(6)8-4(7)5-2;;;;/h6H,2-5H2,1H3,(H,9,11);4H,2-3H2,1H3,(H,7,9);3H,2H2,1H3,(H,6,8);2H,1H3,(H,5,7);4*1H4/t6-;4-;3-;2-;;;;/m1111..../s1. The summed E-state index contributed by atoms with van der Waals surface area (Å²) in [6.07, 6.45) is 3.43. The summed E-state index contributed by atoms with van der Waals surface area (Å²) in [4.78, 5) is 83.6. The van der Waals surface area contributed by atoms with Gasteiger partial charge in [-0.3, -0.25) is 0 Å². The molecular weight excluding hydrogens is 572 g/mol. The van der Waals surface area contributed by atoms with E-state index in [1.165, 1.54) is 0 Å². The van der Waals surface area contributed by atoms with Gasteiger partial charge in [-0.15, -0.1) is 0 Å². The zero-order chi connectivity index (χ0) is 29.5. The van der Waals surface area contributed by atoms with Crippen LogP contribution in [0.15, 0.2) is 0 Å². The van der Waals surface area contributed by atoms with Crippen molar-refractivity contribution in [2.75, 3.05) is 0 Å². The second-order valence-electron chi connectivity index (χ2n) is 8.48. The number of alkyl carbamates (subject to hydrolysis) is 4. The Labute approximate surface area is 253 Å². The maximum absolute atomic E-state index is 10.9. The molecule has 4 heterocycles. The minimum atomic E-state index is -0.650. The van der Waals surface area contributed by atoms with Crippen LogP contribution in [0.5, 0.6) is 0 Å². The van der Waals surface area contributed by atoms with Crippen LogP contribution < -0.4 is 21.3 Å². The molecule has 4 amide bonds. The van der Waals surface area contributed by atoms with Gasteiger partial charge in [-0.2, -0.15) is 0 Å². The van der Waals surface area contributed by atoms with E-state index in [4.69, 9.17) is 0 Å². The Hall–Kier alpha value is -4.24. The fourth-order valence-electron chi connectivity index (χ4n) is 3.16. The van der Waals surface area contributed by atoms with Crippen molar-refractivity contribution in [2.24, 2.45) is 0 Å². The van der Waals surface area contributed by atoms with E-state index in [1.54, 1.807) is 13.8 Å². The monoisotopic (exact) mass is 622 g/mol. The number of ether oxygens (including phenoxy) is 4. The molecule has 0 aromatic rings. The van der Waals surface area contributed by atoms with Crippen molar-refractivity contribution in [1.82, 2.24) is 21.3 Å². The molecule has 0 saturated carbocycles. The van der Waals surface area contributed by atoms with E-state index in [0.29, 0.717) is 19.3 Å². The highest BCUT2D eigenvalue weighted by molar-refractivity contribution is 5.96. The highest BCUT2D eigenvalue weighted by atomic mass is 16.6. The van der Waals surface area contributed by atoms with Gasteiger partial charge >= 0.3 is 48.3 Å². The molecule has 43 heavy (non-hydrogen) atoms. The van der Waals surface area contributed by atoms with Gasteiger partial charge in [-0.05, 0) is 26.2 Å². The molecule has 4 aliphatic heterocycles. The Morgan fingerprint density at radius 3 is 1.09 bits per heavy atom. The largest absolute Gasteiger partial charge is 0.415 e. The normalized spacial score (nSPS) is 22.3. The third-order valence-corrected chi connectivity index (χ3v) is 5.27. The number of hydrogen-bond donors (Lipinski definition) is 4. The number of carbonyl (C=O) groups is 8. The van der Waals surface area contributed by atoms with Gasteiger partial charge in [-0.1, -0.05) is 76.2 Å². The molecule has 16 nitrogen and oxygen atoms in total. The lowest BCUT2D eigenvalue weighted by molar-refractivity contribution is -0.136. The summed E-state index contributed by atoms with van der Waals surface area (Å²) in [7, 11) is 0. The predicted molar refractivity (Wildman–Crippen MR) is 156 cm³/mol. The van der Waals surface area contributed by atoms with Crippen molar-refractivity contribution < 1.29 is 57.3 Å². The summed E-state index contributed by atoms with van der Waals surface area (Å²) in [5.41, 5.74) is 0. The summed E-state index contributed by atoms with van der Waals surface area (Å²) < 4.78 is 16.8. The van der Waals surface area contributed by atoms with Crippen LogP contribution in [0.3, 0.4) is 0 Å². The van der Waals surface area contributed by atoms with Gasteiger partial charge in [0.05, 0.1) is 0 Å². The minimum Gasteiger partial charge on any atom is -0.375 e. The predicted octanol–water partition coefficient (Wildman–Crippen LogP) is 3.84. The zero-order valence-corrected chi connectivity index (χ0v) is 22.2. The second kappa shape index (κ2) is 23.3. The van der Waals surface area contributed by atoms with Crippen LogP contribution in [0, 0.1) is 0 Å². The topological polar surface area (TPSA) is 222 Å². The first-order chi connectivity index (χ1) is 18.4. The van der Waals surface area contributed by atoms with Crippen LogP contribution in [0.4, 0.5) is 19.2 Å². The third-order valence-electron chi connectivity index (χ3n) is 5.27. The molecule has 4 N–H and O–H groups in total. The summed E-state index contributed by atoms with van der Waals surface area (Å²) in [6.45, 7) is 7.40. The second-order valence-corrected chi connectivity index (χ2v) is 8.48. The van der Waals surface area contributed by atoms with Gasteiger partial charge in [0.25, 0.3) is 0 Å². The fraction of sp³-hybridized carbons (Fsp3) is 0.704. The molecule has 0 spiro atoms. The molecule has 0 aromatic heterocycles. The van der Waals surface area contributed by atoms with Crippen LogP contribution in [0.25, 0.3) is 0 Å². The van der Waals surface area contributed by atoms with Gasteiger partial charge in [0.2, 0.25) is 0 Å². The molecule has 0 aliphatic carbocycles. The zero-order valence-electron chi connectivity index (χ0n) is 22.2. The smallest absolute Gasteiger partial charge is 0.375 e. The lowest BCUT2D eigenvalue weighted by Crippen LogP contribution is -2.28. The number of unbranched alkanes of at least 4 members (excludes halogenated alkanes) is 2. The van der Waals surface area contributed by atoms with E-state index < -0.39 is 72.4 Å². The van der Waals surface area contributed by atoms with Crippen LogP contribution in [-0.2, 0) is 38.1 Å². The molecule has 4 aliphatic rings. The first-order valence-corrected chi connectivity index (χ1v) is 12.5. The fourth-order valence-corrected chi connectivity index (χ4v) is 3.16.